The van der Waals surface area contributed by atoms with Crippen LogP contribution in [-0.4, -0.2) is 54.0 Å². The van der Waals surface area contributed by atoms with Gasteiger partial charge in [-0.3, -0.25) is 9.29 Å². The highest BCUT2D eigenvalue weighted by molar-refractivity contribution is 7.92. The normalized spacial score (nSPS) is 11.4. The summed E-state index contributed by atoms with van der Waals surface area (Å²) in [5.41, 5.74) is 8.95. The predicted molar refractivity (Wildman–Crippen MR) is 165 cm³/mol. The van der Waals surface area contributed by atoms with Gasteiger partial charge in [0, 0.05) is 24.2 Å². The second kappa shape index (κ2) is 13.1. The van der Waals surface area contributed by atoms with Crippen molar-refractivity contribution in [3.63, 3.8) is 0 Å². The minimum absolute atomic E-state index is 0.109. The van der Waals surface area contributed by atoms with Crippen LogP contribution in [0.15, 0.2) is 54.6 Å². The Balaban J connectivity index is 0.000000748. The maximum Gasteiger partial charge on any atom is 0.238 e. The second-order valence-corrected chi connectivity index (χ2v) is 11.2. The maximum atomic E-state index is 15.5. The Morgan fingerprint density at radius 3 is 2.40 bits per heavy atom. The molecule has 3 aromatic carbocycles. The molecule has 222 valence electrons. The molecule has 5 rings (SSSR count). The van der Waals surface area contributed by atoms with Crippen molar-refractivity contribution >= 4 is 43.5 Å². The first-order chi connectivity index (χ1) is 20.1. The van der Waals surface area contributed by atoms with E-state index in [2.05, 4.69) is 14.7 Å². The van der Waals surface area contributed by atoms with Gasteiger partial charge in [-0.05, 0) is 63.1 Å². The number of nitrogens with zero attached hydrogens (tertiary/aromatic N) is 4. The van der Waals surface area contributed by atoms with E-state index in [0.717, 1.165) is 24.2 Å². The van der Waals surface area contributed by atoms with E-state index in [0.29, 0.717) is 40.4 Å². The average Bonchev–Trinajstić information content (AvgIpc) is 3.30. The molecule has 12 heteroatoms. The van der Waals surface area contributed by atoms with Crippen LogP contribution in [0, 0.1) is 12.7 Å². The number of benzene rings is 3. The highest BCUT2D eigenvalue weighted by Crippen LogP contribution is 2.37. The first-order valence-corrected chi connectivity index (χ1v) is 15.3. The molecule has 0 unspecified atom stereocenters. The Labute approximate surface area is 244 Å². The summed E-state index contributed by atoms with van der Waals surface area (Å²) in [6.45, 7) is 9.26. The number of rotatable bonds is 9. The van der Waals surface area contributed by atoms with Crippen LogP contribution in [0.4, 0.5) is 15.9 Å². The van der Waals surface area contributed by atoms with Crippen LogP contribution in [0.3, 0.4) is 0 Å². The molecule has 0 bridgehead atoms. The Morgan fingerprint density at radius 1 is 1.00 bits per heavy atom. The number of sulfonamides is 1. The van der Waals surface area contributed by atoms with Gasteiger partial charge in [0.2, 0.25) is 16.0 Å². The fourth-order valence-corrected chi connectivity index (χ4v) is 5.68. The van der Waals surface area contributed by atoms with E-state index in [9.17, 15) is 8.42 Å². The quantitative estimate of drug-likeness (QED) is 0.216. The molecule has 0 fully saturated rings. The third kappa shape index (κ3) is 6.44. The molecule has 0 aliphatic carbocycles. The molecule has 0 saturated carbocycles. The second-order valence-electron chi connectivity index (χ2n) is 9.34. The lowest BCUT2D eigenvalue weighted by atomic mass is 10.0. The van der Waals surface area contributed by atoms with Gasteiger partial charge in [0.25, 0.3) is 0 Å². The van der Waals surface area contributed by atoms with Gasteiger partial charge in [-0.1, -0.05) is 31.2 Å². The molecule has 0 aliphatic rings. The zero-order valence-corrected chi connectivity index (χ0v) is 25.1. The summed E-state index contributed by atoms with van der Waals surface area (Å²) in [7, 11) is -2.18. The minimum atomic E-state index is -3.67. The predicted octanol–water partition coefficient (Wildman–Crippen LogP) is 5.87. The van der Waals surface area contributed by atoms with Crippen molar-refractivity contribution in [1.82, 2.24) is 19.5 Å². The van der Waals surface area contributed by atoms with Gasteiger partial charge in [0.1, 0.15) is 22.9 Å². The van der Waals surface area contributed by atoms with E-state index in [-0.39, 0.29) is 22.8 Å². The number of nitrogens with one attached hydrogen (secondary N) is 1. The van der Waals surface area contributed by atoms with Crippen LogP contribution >= 0.6 is 0 Å². The SMILES string of the molecule is CCCS(=O)(=O)Nc1cccc(-c2cc(OC)c3nc(-n4c(C)nc5ccccc54)nc(N)c3c2)c1F.CCOCC. The first-order valence-electron chi connectivity index (χ1n) is 13.6. The highest BCUT2D eigenvalue weighted by atomic mass is 32.2. The Hall–Kier alpha value is -4.29. The molecule has 0 saturated heterocycles. The lowest BCUT2D eigenvalue weighted by molar-refractivity contribution is 0.162. The zero-order chi connectivity index (χ0) is 30.4. The number of hydrogen-bond acceptors (Lipinski definition) is 8. The maximum absolute atomic E-state index is 15.5. The van der Waals surface area contributed by atoms with Gasteiger partial charge in [-0.15, -0.1) is 0 Å². The number of nitrogen functional groups attached to an aromatic ring is 1. The standard InChI is InChI=1S/C26H25FN6O3S.C4H10O/c1-4-12-37(34,35)32-20-10-7-8-17(23(20)27)16-13-18-24(22(14-16)36-3)30-26(31-25(18)28)33-15(2)29-19-9-5-6-11-21(19)33;1-3-5-4-2/h5-11,13-14,32H,4,12H2,1-3H3,(H2,28,30,31);3-4H2,1-2H3. The number of fused-ring (bicyclic) bond motifs is 2. The van der Waals surface area contributed by atoms with Crippen LogP contribution in [-0.2, 0) is 14.8 Å². The molecule has 2 aromatic heterocycles. The fraction of sp³-hybridized carbons (Fsp3) is 0.300. The third-order valence-electron chi connectivity index (χ3n) is 6.39. The summed E-state index contributed by atoms with van der Waals surface area (Å²) in [5, 5.41) is 0.469. The molecule has 5 aromatic rings. The van der Waals surface area contributed by atoms with E-state index in [1.54, 1.807) is 31.2 Å². The summed E-state index contributed by atoms with van der Waals surface area (Å²) in [6, 6.07) is 15.5. The number of ether oxygens (including phenoxy) is 2. The zero-order valence-electron chi connectivity index (χ0n) is 24.3. The van der Waals surface area contributed by atoms with Gasteiger partial charge in [0.05, 0.1) is 29.6 Å². The van der Waals surface area contributed by atoms with Crippen molar-refractivity contribution in [1.29, 1.82) is 0 Å². The summed E-state index contributed by atoms with van der Waals surface area (Å²) < 4.78 is 54.5. The first kappa shape index (κ1) is 30.7. The molecular formula is C30H35FN6O4S. The number of methoxy groups -OCH3 is 1. The number of aryl methyl sites for hydroxylation is 1. The van der Waals surface area contributed by atoms with Crippen LogP contribution in [0.25, 0.3) is 39.0 Å². The molecule has 0 aliphatic heterocycles. The topological polar surface area (TPSA) is 134 Å². The van der Waals surface area contributed by atoms with E-state index < -0.39 is 15.8 Å². The van der Waals surface area contributed by atoms with Gasteiger partial charge in [-0.25, -0.2) is 22.8 Å². The van der Waals surface area contributed by atoms with E-state index in [1.165, 1.54) is 13.2 Å². The molecule has 0 spiro atoms. The van der Waals surface area contributed by atoms with Gasteiger partial charge in [-0.2, -0.15) is 4.98 Å². The number of nitrogens with two attached hydrogens (primary N) is 1. The number of anilines is 2. The van der Waals surface area contributed by atoms with Crippen molar-refractivity contribution in [3.05, 3.63) is 66.2 Å². The number of imidazole rings is 1. The number of aromatic nitrogens is 4. The van der Waals surface area contributed by atoms with Crippen molar-refractivity contribution in [3.8, 4) is 22.8 Å². The number of hydrogen-bond donors (Lipinski definition) is 2. The Morgan fingerprint density at radius 2 is 1.74 bits per heavy atom. The molecule has 42 heavy (non-hydrogen) atoms. The van der Waals surface area contributed by atoms with Gasteiger partial charge < -0.3 is 15.2 Å². The van der Waals surface area contributed by atoms with E-state index in [4.69, 9.17) is 20.2 Å². The molecular weight excluding hydrogens is 559 g/mol. The molecule has 10 nitrogen and oxygen atoms in total. The summed E-state index contributed by atoms with van der Waals surface area (Å²) in [5.74, 6) is 0.752. The highest BCUT2D eigenvalue weighted by Gasteiger charge is 2.20. The minimum Gasteiger partial charge on any atom is -0.494 e. The fourth-order valence-electron chi connectivity index (χ4n) is 4.55. The van der Waals surface area contributed by atoms with E-state index >= 15 is 4.39 Å². The summed E-state index contributed by atoms with van der Waals surface area (Å²) >= 11 is 0. The van der Waals surface area contributed by atoms with Crippen LogP contribution in [0.2, 0.25) is 0 Å². The molecule has 0 atom stereocenters. The summed E-state index contributed by atoms with van der Waals surface area (Å²) in [6.07, 6.45) is 0.411. The molecule has 0 amide bonds. The van der Waals surface area contributed by atoms with Gasteiger partial charge >= 0.3 is 0 Å². The summed E-state index contributed by atoms with van der Waals surface area (Å²) in [4.78, 5) is 13.8. The smallest absolute Gasteiger partial charge is 0.238 e. The van der Waals surface area contributed by atoms with E-state index in [1.807, 2.05) is 49.6 Å². The molecule has 2 heterocycles. The Kier molecular flexibility index (Phi) is 9.59. The van der Waals surface area contributed by atoms with Crippen molar-refractivity contribution in [2.24, 2.45) is 0 Å². The number of halogens is 1. The monoisotopic (exact) mass is 594 g/mol. The number of para-hydroxylation sites is 2. The van der Waals surface area contributed by atoms with Crippen molar-refractivity contribution < 1.29 is 22.3 Å². The lowest BCUT2D eigenvalue weighted by Crippen LogP contribution is -2.17. The Bertz CT molecular complexity index is 1820. The van der Waals surface area contributed by atoms with Crippen LogP contribution < -0.4 is 15.2 Å². The average molecular weight is 595 g/mol. The van der Waals surface area contributed by atoms with Crippen molar-refractivity contribution in [2.75, 3.05) is 36.5 Å². The molecule has 3 N–H and O–H groups in total. The lowest BCUT2D eigenvalue weighted by Gasteiger charge is -2.15. The van der Waals surface area contributed by atoms with Gasteiger partial charge in [0.15, 0.2) is 5.82 Å². The van der Waals surface area contributed by atoms with Crippen LogP contribution in [0.1, 0.15) is 33.0 Å². The third-order valence-corrected chi connectivity index (χ3v) is 7.86. The molecule has 0 radical (unpaired) electrons. The van der Waals surface area contributed by atoms with Crippen LogP contribution in [0.5, 0.6) is 5.75 Å². The van der Waals surface area contributed by atoms with Crippen molar-refractivity contribution in [2.45, 2.75) is 34.1 Å². The largest absolute Gasteiger partial charge is 0.494 e.